The Labute approximate surface area is 110 Å². The second-order valence-electron chi connectivity index (χ2n) is 3.65. The van der Waals surface area contributed by atoms with Crippen LogP contribution in [0.5, 0.6) is 0 Å². The Morgan fingerprint density at radius 3 is 2.59 bits per heavy atom. The molecule has 0 radical (unpaired) electrons. The van der Waals surface area contributed by atoms with Crippen LogP contribution in [0.4, 0.5) is 0 Å². The van der Waals surface area contributed by atoms with Gasteiger partial charge < -0.3 is 10.2 Å². The van der Waals surface area contributed by atoms with Gasteiger partial charge in [0.1, 0.15) is 0 Å². The van der Waals surface area contributed by atoms with E-state index in [0.717, 1.165) is 17.5 Å². The molecule has 17 heavy (non-hydrogen) atoms. The van der Waals surface area contributed by atoms with Crippen molar-refractivity contribution in [3.8, 4) is 0 Å². The van der Waals surface area contributed by atoms with Crippen LogP contribution < -0.4 is 0 Å². The van der Waals surface area contributed by atoms with Crippen LogP contribution in [0.3, 0.4) is 0 Å². The molecular weight excluding hydrogens is 263 g/mol. The lowest BCUT2D eigenvalue weighted by molar-refractivity contribution is -0.147. The number of alkyl halides is 2. The quantitative estimate of drug-likeness (QED) is 0.786. The maximum Gasteiger partial charge on any atom is 0.337 e. The molecule has 0 heterocycles. The molecule has 0 fully saturated rings. The molecule has 0 amide bonds. The van der Waals surface area contributed by atoms with Crippen molar-refractivity contribution in [2.75, 3.05) is 5.88 Å². The van der Waals surface area contributed by atoms with Crippen LogP contribution in [0.1, 0.15) is 29.2 Å². The van der Waals surface area contributed by atoms with Crippen molar-refractivity contribution >= 4 is 29.2 Å². The molecule has 0 saturated heterocycles. The molecule has 0 saturated carbocycles. The zero-order valence-electron chi connectivity index (χ0n) is 9.20. The van der Waals surface area contributed by atoms with Crippen molar-refractivity contribution in [1.82, 2.24) is 0 Å². The fourth-order valence-corrected chi connectivity index (χ4v) is 2.10. The molecule has 0 aliphatic heterocycles. The minimum atomic E-state index is -1.51. The second-order valence-corrected chi connectivity index (χ2v) is 4.30. The largest absolute Gasteiger partial charge is 0.479 e. The van der Waals surface area contributed by atoms with E-state index in [0.29, 0.717) is 17.9 Å². The summed E-state index contributed by atoms with van der Waals surface area (Å²) in [5, 5.41) is 18.5. The van der Waals surface area contributed by atoms with Crippen molar-refractivity contribution in [2.45, 2.75) is 24.8 Å². The van der Waals surface area contributed by atoms with Crippen LogP contribution in [-0.2, 0) is 17.1 Å². The fourth-order valence-electron chi connectivity index (χ4n) is 1.72. The molecule has 94 valence electrons. The van der Waals surface area contributed by atoms with E-state index in [2.05, 4.69) is 0 Å². The van der Waals surface area contributed by atoms with Gasteiger partial charge in [-0.3, -0.25) is 0 Å². The summed E-state index contributed by atoms with van der Waals surface area (Å²) in [5.74, 6) is -0.486. The first kappa shape index (κ1) is 14.3. The Hall–Kier alpha value is -0.770. The van der Waals surface area contributed by atoms with Gasteiger partial charge in [0.05, 0.1) is 0 Å². The molecule has 1 rings (SSSR count). The van der Waals surface area contributed by atoms with Gasteiger partial charge in [-0.15, -0.1) is 23.2 Å². The highest BCUT2D eigenvalue weighted by atomic mass is 35.5. The maximum atomic E-state index is 10.8. The third-order valence-corrected chi connectivity index (χ3v) is 3.10. The highest BCUT2D eigenvalue weighted by Crippen LogP contribution is 2.24. The minimum absolute atomic E-state index is 0.289. The summed E-state index contributed by atoms with van der Waals surface area (Å²) in [7, 11) is 0. The Balaban J connectivity index is 3.13. The molecule has 0 bridgehead atoms. The van der Waals surface area contributed by atoms with Crippen molar-refractivity contribution in [2.24, 2.45) is 0 Å². The molecule has 1 unspecified atom stereocenters. The van der Waals surface area contributed by atoms with E-state index in [1.165, 1.54) is 0 Å². The first-order valence-corrected chi connectivity index (χ1v) is 6.32. The maximum absolute atomic E-state index is 10.8. The summed E-state index contributed by atoms with van der Waals surface area (Å²) in [4.78, 5) is 10.8. The van der Waals surface area contributed by atoms with Gasteiger partial charge in [0, 0.05) is 11.8 Å². The van der Waals surface area contributed by atoms with Crippen molar-refractivity contribution in [3.05, 3.63) is 34.9 Å². The Morgan fingerprint density at radius 2 is 2.06 bits per heavy atom. The van der Waals surface area contributed by atoms with Gasteiger partial charge in [-0.05, 0) is 29.5 Å². The molecular formula is C12H14Cl2O3. The normalized spacial score (nSPS) is 12.4. The van der Waals surface area contributed by atoms with Gasteiger partial charge in [0.15, 0.2) is 6.10 Å². The zero-order valence-corrected chi connectivity index (χ0v) is 10.7. The lowest BCUT2D eigenvalue weighted by atomic mass is 9.94. The molecule has 0 aliphatic carbocycles. The standard InChI is InChI=1S/C12H14Cl2O3/c13-6-2-5-9-8(7-14)3-1-4-10(9)11(15)12(16)17/h1,3-4,11,15H,2,5-7H2,(H,16,17). The lowest BCUT2D eigenvalue weighted by Gasteiger charge is -2.15. The zero-order chi connectivity index (χ0) is 12.8. The van der Waals surface area contributed by atoms with Crippen LogP contribution in [0.2, 0.25) is 0 Å². The summed E-state index contributed by atoms with van der Waals surface area (Å²) < 4.78 is 0. The molecule has 0 aliphatic rings. The van der Waals surface area contributed by atoms with Crippen molar-refractivity contribution in [1.29, 1.82) is 0 Å². The van der Waals surface area contributed by atoms with Crippen LogP contribution in [-0.4, -0.2) is 22.1 Å². The van der Waals surface area contributed by atoms with Gasteiger partial charge in [-0.25, -0.2) is 4.79 Å². The number of carboxylic acids is 1. The molecule has 5 heteroatoms. The number of aliphatic hydroxyl groups is 1. The smallest absolute Gasteiger partial charge is 0.337 e. The van der Waals surface area contributed by atoms with E-state index in [1.54, 1.807) is 12.1 Å². The molecule has 1 atom stereocenters. The topological polar surface area (TPSA) is 57.5 Å². The predicted octanol–water partition coefficient (Wildman–Crippen LogP) is 2.71. The summed E-state index contributed by atoms with van der Waals surface area (Å²) in [6.45, 7) is 0. The van der Waals surface area contributed by atoms with Crippen molar-refractivity contribution in [3.63, 3.8) is 0 Å². The third-order valence-electron chi connectivity index (χ3n) is 2.54. The Kier molecular flexibility index (Phi) is 5.75. The van der Waals surface area contributed by atoms with Crippen LogP contribution in [0.25, 0.3) is 0 Å². The number of carbonyl (C=O) groups is 1. The highest BCUT2D eigenvalue weighted by Gasteiger charge is 2.20. The average molecular weight is 277 g/mol. The Morgan fingerprint density at radius 1 is 1.35 bits per heavy atom. The van der Waals surface area contributed by atoms with Gasteiger partial charge in [-0.1, -0.05) is 18.2 Å². The Bertz CT molecular complexity index is 393. The van der Waals surface area contributed by atoms with Gasteiger partial charge in [-0.2, -0.15) is 0 Å². The highest BCUT2D eigenvalue weighted by molar-refractivity contribution is 6.18. The number of halogens is 2. The van der Waals surface area contributed by atoms with Crippen LogP contribution in [0.15, 0.2) is 18.2 Å². The number of hydrogen-bond acceptors (Lipinski definition) is 2. The van der Waals surface area contributed by atoms with Gasteiger partial charge >= 0.3 is 5.97 Å². The monoisotopic (exact) mass is 276 g/mol. The number of aliphatic carboxylic acids is 1. The fraction of sp³-hybridized carbons (Fsp3) is 0.417. The molecule has 0 aromatic heterocycles. The number of rotatable bonds is 6. The van der Waals surface area contributed by atoms with E-state index >= 15 is 0 Å². The minimum Gasteiger partial charge on any atom is -0.479 e. The molecule has 1 aromatic carbocycles. The molecule has 0 spiro atoms. The number of carboxylic acid groups (broad SMARTS) is 1. The SMILES string of the molecule is O=C(O)C(O)c1cccc(CCl)c1CCCCl. The third kappa shape index (κ3) is 3.60. The summed E-state index contributed by atoms with van der Waals surface area (Å²) >= 11 is 11.4. The van der Waals surface area contributed by atoms with Crippen LogP contribution >= 0.6 is 23.2 Å². The van der Waals surface area contributed by atoms with E-state index in [9.17, 15) is 9.90 Å². The molecule has 2 N–H and O–H groups in total. The average Bonchev–Trinajstić information content (AvgIpc) is 2.34. The lowest BCUT2D eigenvalue weighted by Crippen LogP contribution is -2.14. The summed E-state index contributed by atoms with van der Waals surface area (Å²) in [6, 6.07) is 5.14. The second kappa shape index (κ2) is 6.84. The molecule has 1 aromatic rings. The van der Waals surface area contributed by atoms with Crippen LogP contribution in [0, 0.1) is 0 Å². The molecule has 3 nitrogen and oxygen atoms in total. The van der Waals surface area contributed by atoms with Gasteiger partial charge in [0.2, 0.25) is 0 Å². The van der Waals surface area contributed by atoms with Crippen molar-refractivity contribution < 1.29 is 15.0 Å². The van der Waals surface area contributed by atoms with E-state index in [1.807, 2.05) is 6.07 Å². The first-order valence-electron chi connectivity index (χ1n) is 5.25. The number of aliphatic hydroxyl groups excluding tert-OH is 1. The summed E-state index contributed by atoms with van der Waals surface area (Å²) in [6.07, 6.45) is -0.176. The number of hydrogen-bond donors (Lipinski definition) is 2. The number of benzene rings is 1. The summed E-state index contributed by atoms with van der Waals surface area (Å²) in [5.41, 5.74) is 2.04. The van der Waals surface area contributed by atoms with E-state index < -0.39 is 12.1 Å². The first-order chi connectivity index (χ1) is 8.11. The van der Waals surface area contributed by atoms with E-state index in [-0.39, 0.29) is 5.88 Å². The van der Waals surface area contributed by atoms with E-state index in [4.69, 9.17) is 28.3 Å². The predicted molar refractivity (Wildman–Crippen MR) is 67.6 cm³/mol. The van der Waals surface area contributed by atoms with Gasteiger partial charge in [0.25, 0.3) is 0 Å².